The van der Waals surface area contributed by atoms with Gasteiger partial charge in [-0.15, -0.1) is 0 Å². The number of hydrogen-bond acceptors (Lipinski definition) is 6. The summed E-state index contributed by atoms with van der Waals surface area (Å²) in [4.78, 5) is 19.8. The monoisotopic (exact) mass is 479 g/mol. The molecule has 8 nitrogen and oxygen atoms in total. The van der Waals surface area contributed by atoms with E-state index < -0.39 is 0 Å². The van der Waals surface area contributed by atoms with E-state index in [0.717, 1.165) is 68.8 Å². The summed E-state index contributed by atoms with van der Waals surface area (Å²) in [6, 6.07) is 0. The summed E-state index contributed by atoms with van der Waals surface area (Å²) in [6.45, 7) is 13.9. The first-order chi connectivity index (χ1) is 17.0. The largest absolute Gasteiger partial charge is 0.315 e. The molecule has 2 heterocycles. The first-order valence-corrected chi connectivity index (χ1v) is 12.6. The summed E-state index contributed by atoms with van der Waals surface area (Å²) in [6.07, 6.45) is 15.6. The lowest BCUT2D eigenvalue weighted by molar-refractivity contribution is 0.0975. The molecule has 0 atom stereocenters. The van der Waals surface area contributed by atoms with Crippen molar-refractivity contribution in [2.45, 2.75) is 52.9 Å². The van der Waals surface area contributed by atoms with Crippen LogP contribution >= 0.6 is 0 Å². The lowest BCUT2D eigenvalue weighted by atomic mass is 10.1. The molecule has 0 aromatic carbocycles. The summed E-state index contributed by atoms with van der Waals surface area (Å²) < 4.78 is 0. The number of nitrogens with one attached hydrogen (secondary N) is 3. The number of carbonyl (C=O) groups excluding carboxylic acids is 1. The number of ketones is 1. The van der Waals surface area contributed by atoms with Crippen molar-refractivity contribution in [3.05, 3.63) is 59.3 Å². The van der Waals surface area contributed by atoms with Gasteiger partial charge in [0.1, 0.15) is 5.69 Å². The van der Waals surface area contributed by atoms with Crippen molar-refractivity contribution in [3.63, 3.8) is 0 Å². The highest BCUT2D eigenvalue weighted by atomic mass is 16.1. The Morgan fingerprint density at radius 2 is 2.09 bits per heavy atom. The van der Waals surface area contributed by atoms with Crippen molar-refractivity contribution in [1.82, 2.24) is 30.6 Å². The van der Waals surface area contributed by atoms with Crippen LogP contribution in [0, 0.1) is 6.92 Å². The minimum atomic E-state index is 0.0100. The maximum Gasteiger partial charge on any atom is 0.183 e. The number of H-pyrrole nitrogens is 2. The number of Topliss-reactive ketones (excluding diaryl/α,β-unsaturated/α-hetero) is 1. The van der Waals surface area contributed by atoms with E-state index in [2.05, 4.69) is 69.2 Å². The number of hydrogen-bond donors (Lipinski definition) is 3. The molecule has 0 amide bonds. The minimum Gasteiger partial charge on any atom is -0.315 e. The van der Waals surface area contributed by atoms with E-state index in [1.54, 1.807) is 18.5 Å². The van der Waals surface area contributed by atoms with Crippen LogP contribution in [0.3, 0.4) is 0 Å². The maximum absolute atomic E-state index is 12.9. The quantitative estimate of drug-likeness (QED) is 0.172. The van der Waals surface area contributed by atoms with Gasteiger partial charge in [-0.2, -0.15) is 10.2 Å². The van der Waals surface area contributed by atoms with Crippen LogP contribution in [0.1, 0.15) is 79.0 Å². The van der Waals surface area contributed by atoms with Gasteiger partial charge in [0, 0.05) is 42.5 Å². The van der Waals surface area contributed by atoms with Crippen LogP contribution in [0.4, 0.5) is 0 Å². The first-order valence-electron chi connectivity index (χ1n) is 12.6. The highest BCUT2D eigenvalue weighted by Gasteiger charge is 2.16. The fourth-order valence-corrected chi connectivity index (χ4v) is 3.47. The third-order valence-corrected chi connectivity index (χ3v) is 5.83. The fraction of sp³-hybridized carbons (Fsp3) is 0.481. The molecule has 8 heteroatoms. The third kappa shape index (κ3) is 9.22. The number of carbonyl (C=O) groups is 1. The SMILES string of the molecule is C=Cc1[nH]nc(C(=O)CCCNCCN(C)CC)c1/C=C/N=C(/C=C/CCCC)c1cn[nH]c1C. The second-order valence-electron chi connectivity index (χ2n) is 8.56. The van der Waals surface area contributed by atoms with Crippen LogP contribution in [-0.4, -0.2) is 70.0 Å². The molecule has 0 radical (unpaired) electrons. The highest BCUT2D eigenvalue weighted by Crippen LogP contribution is 2.18. The van der Waals surface area contributed by atoms with Gasteiger partial charge in [0.25, 0.3) is 0 Å². The van der Waals surface area contributed by atoms with E-state index in [1.165, 1.54) is 0 Å². The fourth-order valence-electron chi connectivity index (χ4n) is 3.47. The molecule has 0 spiro atoms. The van der Waals surface area contributed by atoms with E-state index in [-0.39, 0.29) is 5.78 Å². The van der Waals surface area contributed by atoms with E-state index in [0.29, 0.717) is 23.4 Å². The predicted molar refractivity (Wildman–Crippen MR) is 146 cm³/mol. The van der Waals surface area contributed by atoms with Crippen molar-refractivity contribution in [1.29, 1.82) is 0 Å². The molecule has 0 aliphatic carbocycles. The summed E-state index contributed by atoms with van der Waals surface area (Å²) in [7, 11) is 2.10. The Bertz CT molecular complexity index is 1010. The molecular formula is C27H41N7O. The molecule has 35 heavy (non-hydrogen) atoms. The molecule has 2 aromatic heterocycles. The van der Waals surface area contributed by atoms with Crippen molar-refractivity contribution in [2.75, 3.05) is 33.2 Å². The average Bonchev–Trinajstić information content (AvgIpc) is 3.48. The van der Waals surface area contributed by atoms with Gasteiger partial charge < -0.3 is 10.2 Å². The number of aromatic amines is 2. The Labute approximate surface area is 209 Å². The molecule has 2 aromatic rings. The maximum atomic E-state index is 12.9. The van der Waals surface area contributed by atoms with Crippen LogP contribution in [-0.2, 0) is 0 Å². The number of rotatable bonds is 17. The normalized spacial score (nSPS) is 12.4. The van der Waals surface area contributed by atoms with Gasteiger partial charge in [-0.25, -0.2) is 0 Å². The summed E-state index contributed by atoms with van der Waals surface area (Å²) >= 11 is 0. The smallest absolute Gasteiger partial charge is 0.183 e. The number of likely N-dealkylation sites (N-methyl/N-ethyl adjacent to an activating group) is 1. The van der Waals surface area contributed by atoms with Gasteiger partial charge >= 0.3 is 0 Å². The lowest BCUT2D eigenvalue weighted by Crippen LogP contribution is -2.29. The summed E-state index contributed by atoms with van der Waals surface area (Å²) in [5, 5.41) is 17.7. The van der Waals surface area contributed by atoms with Gasteiger partial charge in [0.2, 0.25) is 0 Å². The van der Waals surface area contributed by atoms with Crippen molar-refractivity contribution in [3.8, 4) is 0 Å². The Hall–Kier alpha value is -3.10. The van der Waals surface area contributed by atoms with Gasteiger partial charge in [0.05, 0.1) is 17.6 Å². The topological polar surface area (TPSA) is 102 Å². The van der Waals surface area contributed by atoms with E-state index >= 15 is 0 Å². The summed E-state index contributed by atoms with van der Waals surface area (Å²) in [5.74, 6) is 0.0100. The number of unbranched alkanes of at least 4 members (excludes halogenated alkanes) is 2. The van der Waals surface area contributed by atoms with Crippen LogP contribution in [0.15, 0.2) is 36.1 Å². The summed E-state index contributed by atoms with van der Waals surface area (Å²) in [5.41, 5.74) is 4.58. The second kappa shape index (κ2) is 15.7. The molecular weight excluding hydrogens is 438 g/mol. The van der Waals surface area contributed by atoms with Crippen molar-refractivity contribution >= 4 is 23.6 Å². The molecule has 0 saturated heterocycles. The Morgan fingerprint density at radius 3 is 2.77 bits per heavy atom. The average molecular weight is 480 g/mol. The van der Waals surface area contributed by atoms with E-state index in [9.17, 15) is 4.79 Å². The van der Waals surface area contributed by atoms with Crippen molar-refractivity contribution in [2.24, 2.45) is 4.99 Å². The predicted octanol–water partition coefficient (Wildman–Crippen LogP) is 4.79. The number of aromatic nitrogens is 4. The zero-order valence-corrected chi connectivity index (χ0v) is 21.7. The highest BCUT2D eigenvalue weighted by molar-refractivity contribution is 6.09. The second-order valence-corrected chi connectivity index (χ2v) is 8.56. The van der Waals surface area contributed by atoms with Gasteiger partial charge in [-0.05, 0) is 58.1 Å². The Kier molecular flexibility index (Phi) is 12.7. The molecule has 0 fully saturated rings. The number of aryl methyl sites for hydroxylation is 1. The van der Waals surface area contributed by atoms with E-state index in [4.69, 9.17) is 0 Å². The number of allylic oxidation sites excluding steroid dienone is 2. The number of nitrogens with zero attached hydrogens (tertiary/aromatic N) is 4. The minimum absolute atomic E-state index is 0.0100. The molecule has 190 valence electrons. The molecule has 3 N–H and O–H groups in total. The molecule has 0 unspecified atom stereocenters. The van der Waals surface area contributed by atoms with Gasteiger partial charge in [-0.3, -0.25) is 20.0 Å². The van der Waals surface area contributed by atoms with Crippen LogP contribution in [0.5, 0.6) is 0 Å². The molecule has 0 bridgehead atoms. The standard InChI is InChI=1S/C27H41N7O/c1-6-9-10-11-13-25(23-20-30-31-21(23)4)29-17-15-22-24(7-2)32-33-27(22)26(35)14-12-16-28-18-19-34(5)8-3/h7,11,13,15,17,20,28H,2,6,8-10,12,14,16,18-19H2,1,3-5H3,(H,30,31)(H,32,33)/b13-11+,17-15+,29-25-. The first kappa shape index (κ1) is 28.1. The van der Waals surface area contributed by atoms with Gasteiger partial charge in [-0.1, -0.05) is 39.3 Å². The Balaban J connectivity index is 2.08. The zero-order chi connectivity index (χ0) is 25.5. The van der Waals surface area contributed by atoms with E-state index in [1.807, 2.05) is 19.1 Å². The molecule has 2 rings (SSSR count). The molecule has 0 saturated carbocycles. The Morgan fingerprint density at radius 1 is 1.26 bits per heavy atom. The molecule has 0 aliphatic heterocycles. The number of aliphatic imine (C=N–C) groups is 1. The lowest BCUT2D eigenvalue weighted by Gasteiger charge is -2.13. The molecule has 0 aliphatic rings. The third-order valence-electron chi connectivity index (χ3n) is 5.83. The van der Waals surface area contributed by atoms with Crippen LogP contribution in [0.2, 0.25) is 0 Å². The van der Waals surface area contributed by atoms with Crippen LogP contribution < -0.4 is 5.32 Å². The van der Waals surface area contributed by atoms with Crippen molar-refractivity contribution < 1.29 is 4.79 Å². The zero-order valence-electron chi connectivity index (χ0n) is 21.7. The van der Waals surface area contributed by atoms with Gasteiger partial charge in [0.15, 0.2) is 5.78 Å². The van der Waals surface area contributed by atoms with Crippen LogP contribution in [0.25, 0.3) is 12.2 Å².